The van der Waals surface area contributed by atoms with Crippen LogP contribution < -0.4 is 5.32 Å². The Bertz CT molecular complexity index is 589. The van der Waals surface area contributed by atoms with Crippen molar-refractivity contribution in [3.05, 3.63) is 35.9 Å². The van der Waals surface area contributed by atoms with Gasteiger partial charge in [-0.15, -0.1) is 0 Å². The molecule has 0 aliphatic heterocycles. The predicted molar refractivity (Wildman–Crippen MR) is 85.5 cm³/mol. The first kappa shape index (κ1) is 19.3. The van der Waals surface area contributed by atoms with E-state index in [2.05, 4.69) is 10.1 Å². The molecular weight excluding hydrogens is 335 g/mol. The molecule has 0 aromatic heterocycles. The highest BCUT2D eigenvalue weighted by atomic mass is 19.4. The number of alkyl halides is 3. The fourth-order valence-electron chi connectivity index (χ4n) is 3.13. The van der Waals surface area contributed by atoms with Crippen molar-refractivity contribution in [2.75, 3.05) is 6.61 Å². The summed E-state index contributed by atoms with van der Waals surface area (Å²) in [5.74, 6) is -2.73. The van der Waals surface area contributed by atoms with Gasteiger partial charge in [-0.3, -0.25) is 9.59 Å². The number of esters is 1. The van der Waals surface area contributed by atoms with Crippen LogP contribution in [0.25, 0.3) is 0 Å². The number of amides is 1. The molecule has 1 aromatic carbocycles. The molecule has 0 saturated heterocycles. The maximum atomic E-state index is 12.6. The molecule has 3 atom stereocenters. The average molecular weight is 357 g/mol. The highest BCUT2D eigenvalue weighted by Crippen LogP contribution is 2.32. The highest BCUT2D eigenvalue weighted by Gasteiger charge is 2.39. The van der Waals surface area contributed by atoms with Crippen LogP contribution in [0.1, 0.15) is 44.2 Å². The number of carbonyl (C=O) groups is 2. The molecule has 7 heteroatoms. The van der Waals surface area contributed by atoms with Gasteiger partial charge in [0.25, 0.3) is 0 Å². The minimum atomic E-state index is -4.57. The number of halogens is 3. The first-order chi connectivity index (χ1) is 11.8. The number of nitrogens with one attached hydrogen (secondary N) is 1. The van der Waals surface area contributed by atoms with Crippen molar-refractivity contribution < 1.29 is 27.5 Å². The van der Waals surface area contributed by atoms with Gasteiger partial charge in [-0.05, 0) is 25.3 Å². The average Bonchev–Trinajstić information content (AvgIpc) is 2.59. The lowest BCUT2D eigenvalue weighted by Gasteiger charge is -2.30. The molecule has 1 aromatic rings. The number of ether oxygens (including phenoxy) is 1. The second kappa shape index (κ2) is 8.36. The zero-order valence-corrected chi connectivity index (χ0v) is 14.0. The lowest BCUT2D eigenvalue weighted by atomic mass is 9.78. The number of carbonyl (C=O) groups excluding carboxylic acids is 2. The molecule has 0 radical (unpaired) electrons. The van der Waals surface area contributed by atoms with E-state index in [1.54, 1.807) is 0 Å². The lowest BCUT2D eigenvalue weighted by Crippen LogP contribution is -2.41. The molecule has 0 bridgehead atoms. The second-order valence-electron chi connectivity index (χ2n) is 6.36. The molecule has 1 saturated carbocycles. The first-order valence-corrected chi connectivity index (χ1v) is 8.36. The third kappa shape index (κ3) is 5.76. The van der Waals surface area contributed by atoms with Crippen molar-refractivity contribution in [3.8, 4) is 0 Å². The molecule has 1 aliphatic rings. The van der Waals surface area contributed by atoms with Crippen molar-refractivity contribution in [1.29, 1.82) is 0 Å². The first-order valence-electron chi connectivity index (χ1n) is 8.36. The van der Waals surface area contributed by atoms with Crippen LogP contribution in [-0.2, 0) is 14.3 Å². The molecule has 0 heterocycles. The van der Waals surface area contributed by atoms with Gasteiger partial charge in [-0.1, -0.05) is 43.2 Å². The minimum absolute atomic E-state index is 0.248. The van der Waals surface area contributed by atoms with Crippen molar-refractivity contribution >= 4 is 11.9 Å². The van der Waals surface area contributed by atoms with Crippen LogP contribution in [0.2, 0.25) is 0 Å². The molecule has 25 heavy (non-hydrogen) atoms. The van der Waals surface area contributed by atoms with E-state index in [1.165, 1.54) is 0 Å². The molecule has 0 spiro atoms. The molecular formula is C18H22F3NO3. The summed E-state index contributed by atoms with van der Waals surface area (Å²) in [7, 11) is 0. The summed E-state index contributed by atoms with van der Waals surface area (Å²) in [5.41, 5.74) is 0.919. The van der Waals surface area contributed by atoms with E-state index < -0.39 is 30.6 Å². The van der Waals surface area contributed by atoms with Crippen LogP contribution in [0, 0.1) is 11.8 Å². The van der Waals surface area contributed by atoms with Crippen molar-refractivity contribution in [1.82, 2.24) is 5.32 Å². The number of benzene rings is 1. The van der Waals surface area contributed by atoms with Crippen molar-refractivity contribution in [2.45, 2.75) is 44.8 Å². The Balaban J connectivity index is 1.99. The summed E-state index contributed by atoms with van der Waals surface area (Å²) < 4.78 is 41.1. The fourth-order valence-corrected chi connectivity index (χ4v) is 3.13. The molecule has 2 rings (SSSR count). The Hall–Kier alpha value is -2.05. The van der Waals surface area contributed by atoms with Gasteiger partial charge in [0.15, 0.2) is 6.61 Å². The summed E-state index contributed by atoms with van der Waals surface area (Å²) in [5, 5.41) is 2.85. The van der Waals surface area contributed by atoms with Gasteiger partial charge in [0.1, 0.15) is 0 Å². The third-order valence-electron chi connectivity index (χ3n) is 4.44. The number of hydrogen-bond acceptors (Lipinski definition) is 3. The molecule has 4 nitrogen and oxygen atoms in total. The molecule has 1 aliphatic carbocycles. The maximum Gasteiger partial charge on any atom is 0.422 e. The van der Waals surface area contributed by atoms with Gasteiger partial charge in [0.2, 0.25) is 5.91 Å². The fraction of sp³-hybridized carbons (Fsp3) is 0.556. The zero-order chi connectivity index (χ0) is 18.4. The lowest BCUT2D eigenvalue weighted by molar-refractivity contribution is -0.191. The van der Waals surface area contributed by atoms with Crippen molar-refractivity contribution in [2.24, 2.45) is 11.8 Å². The Morgan fingerprint density at radius 2 is 1.76 bits per heavy atom. The Morgan fingerprint density at radius 3 is 2.36 bits per heavy atom. The molecule has 0 unspecified atom stereocenters. The zero-order valence-electron chi connectivity index (χ0n) is 14.0. The van der Waals surface area contributed by atoms with E-state index in [1.807, 2.05) is 37.3 Å². The van der Waals surface area contributed by atoms with Crippen LogP contribution in [0.5, 0.6) is 0 Å². The van der Waals surface area contributed by atoms with Crippen LogP contribution in [0.3, 0.4) is 0 Å². The molecule has 138 valence electrons. The van der Waals surface area contributed by atoms with Gasteiger partial charge < -0.3 is 10.1 Å². The quantitative estimate of drug-likeness (QED) is 0.816. The Kier molecular flexibility index (Phi) is 6.45. The second-order valence-corrected chi connectivity index (χ2v) is 6.36. The van der Waals surface area contributed by atoms with E-state index in [4.69, 9.17) is 0 Å². The van der Waals surface area contributed by atoms with Crippen molar-refractivity contribution in [3.63, 3.8) is 0 Å². The Morgan fingerprint density at radius 1 is 1.16 bits per heavy atom. The summed E-state index contributed by atoms with van der Waals surface area (Å²) in [6.07, 6.45) is -2.26. The van der Waals surface area contributed by atoms with E-state index in [0.29, 0.717) is 19.3 Å². The maximum absolute atomic E-state index is 12.6. The third-order valence-corrected chi connectivity index (χ3v) is 4.44. The summed E-state index contributed by atoms with van der Waals surface area (Å²) >= 11 is 0. The van der Waals surface area contributed by atoms with Gasteiger partial charge >= 0.3 is 12.1 Å². The molecule has 1 amide bonds. The van der Waals surface area contributed by atoms with Gasteiger partial charge in [0.05, 0.1) is 17.9 Å². The smallest absolute Gasteiger partial charge is 0.422 e. The van der Waals surface area contributed by atoms with Crippen LogP contribution in [0.15, 0.2) is 30.3 Å². The monoisotopic (exact) mass is 357 g/mol. The number of hydrogen-bond donors (Lipinski definition) is 1. The minimum Gasteiger partial charge on any atom is -0.456 e. The standard InChI is InChI=1S/C18H22F3NO3/c1-12(13-7-3-2-4-8-13)22-16(23)14-9-5-6-10-15(14)17(24)25-11-18(19,20)21/h2-4,7-8,12,14-15H,5-6,9-11H2,1H3,(H,22,23)/t12-,14+,15+/m0/s1. The highest BCUT2D eigenvalue weighted by molar-refractivity contribution is 5.85. The summed E-state index contributed by atoms with van der Waals surface area (Å²) in [6.45, 7) is 0.212. The summed E-state index contributed by atoms with van der Waals surface area (Å²) in [4.78, 5) is 24.6. The normalized spacial score (nSPS) is 22.1. The van der Waals surface area contributed by atoms with E-state index in [-0.39, 0.29) is 11.9 Å². The predicted octanol–water partition coefficient (Wildman–Crippen LogP) is 3.78. The van der Waals surface area contributed by atoms with Crippen LogP contribution in [0.4, 0.5) is 13.2 Å². The van der Waals surface area contributed by atoms with E-state index >= 15 is 0 Å². The largest absolute Gasteiger partial charge is 0.456 e. The topological polar surface area (TPSA) is 55.4 Å². The Labute approximate surface area is 144 Å². The van der Waals surface area contributed by atoms with Crippen LogP contribution in [-0.4, -0.2) is 24.7 Å². The van der Waals surface area contributed by atoms with Gasteiger partial charge in [-0.2, -0.15) is 13.2 Å². The molecule has 1 fully saturated rings. The molecule has 1 N–H and O–H groups in total. The van der Waals surface area contributed by atoms with Gasteiger partial charge in [-0.25, -0.2) is 0 Å². The van der Waals surface area contributed by atoms with E-state index in [0.717, 1.165) is 12.0 Å². The summed E-state index contributed by atoms with van der Waals surface area (Å²) in [6, 6.07) is 9.09. The number of rotatable bonds is 5. The SMILES string of the molecule is C[C@H](NC(=O)[C@@H]1CCCC[C@H]1C(=O)OCC(F)(F)F)c1ccccc1. The van der Waals surface area contributed by atoms with Gasteiger partial charge in [0, 0.05) is 0 Å². The van der Waals surface area contributed by atoms with Crippen LogP contribution >= 0.6 is 0 Å². The van der Waals surface area contributed by atoms with E-state index in [9.17, 15) is 22.8 Å².